The van der Waals surface area contributed by atoms with Gasteiger partial charge in [-0.2, -0.15) is 0 Å². The highest BCUT2D eigenvalue weighted by Crippen LogP contribution is 2.19. The maximum atomic E-state index is 5.76. The predicted octanol–water partition coefficient (Wildman–Crippen LogP) is 2.33. The van der Waals surface area contributed by atoms with Crippen LogP contribution in [0.25, 0.3) is 0 Å². The van der Waals surface area contributed by atoms with Crippen LogP contribution >= 0.6 is 0 Å². The lowest BCUT2D eigenvalue weighted by molar-refractivity contribution is 0.0229. The van der Waals surface area contributed by atoms with Crippen LogP contribution in [0.3, 0.4) is 0 Å². The van der Waals surface area contributed by atoms with Gasteiger partial charge in [-0.05, 0) is 26.8 Å². The molecule has 1 saturated carbocycles. The Morgan fingerprint density at radius 3 is 2.46 bits per heavy atom. The maximum Gasteiger partial charge on any atom is 0.0727 e. The molecule has 1 rings (SSSR count). The quantitative estimate of drug-likeness (QED) is 0.728. The first-order valence-electron chi connectivity index (χ1n) is 5.67. The minimum absolute atomic E-state index is 0.454. The Hall–Kier alpha value is -0.0800. The third-order valence-corrected chi connectivity index (χ3v) is 2.95. The summed E-state index contributed by atoms with van der Waals surface area (Å²) in [5, 5.41) is 3.38. The molecule has 2 nitrogen and oxygen atoms in total. The van der Waals surface area contributed by atoms with E-state index < -0.39 is 0 Å². The van der Waals surface area contributed by atoms with Crippen molar-refractivity contribution in [3.63, 3.8) is 0 Å². The lowest BCUT2D eigenvalue weighted by Crippen LogP contribution is -2.40. The summed E-state index contributed by atoms with van der Waals surface area (Å²) in [6.45, 7) is 2.94. The van der Waals surface area contributed by atoms with Gasteiger partial charge in [-0.1, -0.05) is 25.7 Å². The Bertz CT molecular complexity index is 127. The number of hydrogen-bond donors (Lipinski definition) is 1. The third-order valence-electron chi connectivity index (χ3n) is 2.95. The highest BCUT2D eigenvalue weighted by atomic mass is 16.5. The molecule has 0 radical (unpaired) electrons. The van der Waals surface area contributed by atoms with E-state index in [1.54, 1.807) is 0 Å². The fraction of sp³-hybridized carbons (Fsp3) is 1.00. The van der Waals surface area contributed by atoms with E-state index in [0.717, 1.165) is 6.61 Å². The van der Waals surface area contributed by atoms with Gasteiger partial charge < -0.3 is 10.1 Å². The number of likely N-dealkylation sites (N-methyl/N-ethyl adjacent to an activating group) is 1. The molecule has 1 aliphatic rings. The van der Waals surface area contributed by atoms with Crippen LogP contribution < -0.4 is 5.32 Å². The monoisotopic (exact) mass is 185 g/mol. The van der Waals surface area contributed by atoms with Crippen molar-refractivity contribution in [3.8, 4) is 0 Å². The van der Waals surface area contributed by atoms with E-state index in [-0.39, 0.29) is 0 Å². The summed E-state index contributed by atoms with van der Waals surface area (Å²) in [7, 11) is 2.05. The Balaban J connectivity index is 2.40. The molecule has 0 aromatic rings. The maximum absolute atomic E-state index is 5.76. The second-order valence-corrected chi connectivity index (χ2v) is 3.88. The Morgan fingerprint density at radius 1 is 1.15 bits per heavy atom. The zero-order valence-electron chi connectivity index (χ0n) is 9.01. The van der Waals surface area contributed by atoms with Gasteiger partial charge in [0.25, 0.3) is 0 Å². The van der Waals surface area contributed by atoms with Crippen molar-refractivity contribution < 1.29 is 4.74 Å². The normalized spacial score (nSPS) is 30.9. The fourth-order valence-corrected chi connectivity index (χ4v) is 2.19. The van der Waals surface area contributed by atoms with Crippen molar-refractivity contribution in [2.75, 3.05) is 13.7 Å². The van der Waals surface area contributed by atoms with Gasteiger partial charge in [-0.25, -0.2) is 0 Å². The van der Waals surface area contributed by atoms with Crippen molar-refractivity contribution in [1.82, 2.24) is 5.32 Å². The van der Waals surface area contributed by atoms with E-state index in [1.807, 2.05) is 0 Å². The van der Waals surface area contributed by atoms with E-state index in [0.29, 0.717) is 12.1 Å². The average Bonchev–Trinajstić information content (AvgIpc) is 2.10. The standard InChI is InChI=1S/C11H23NO/c1-3-13-11-9-7-5-4-6-8-10(11)12-2/h10-12H,3-9H2,1-2H3/t10-,11-/m1/s1. The predicted molar refractivity (Wildman–Crippen MR) is 56.0 cm³/mol. The van der Waals surface area contributed by atoms with Crippen molar-refractivity contribution in [2.24, 2.45) is 0 Å². The summed E-state index contributed by atoms with van der Waals surface area (Å²) in [4.78, 5) is 0. The SMILES string of the molecule is CCO[C@@H]1CCCCCC[C@H]1NC. The molecule has 2 heteroatoms. The molecule has 13 heavy (non-hydrogen) atoms. The lowest BCUT2D eigenvalue weighted by Gasteiger charge is -2.28. The van der Waals surface area contributed by atoms with Crippen LogP contribution in [0, 0.1) is 0 Å². The molecule has 0 aromatic heterocycles. The molecular formula is C11H23NO. The summed E-state index contributed by atoms with van der Waals surface area (Å²) >= 11 is 0. The average molecular weight is 185 g/mol. The second-order valence-electron chi connectivity index (χ2n) is 3.88. The fourth-order valence-electron chi connectivity index (χ4n) is 2.19. The van der Waals surface area contributed by atoms with Crippen molar-refractivity contribution in [1.29, 1.82) is 0 Å². The Labute approximate surface area is 82.0 Å². The van der Waals surface area contributed by atoms with Crippen LogP contribution in [0.2, 0.25) is 0 Å². The van der Waals surface area contributed by atoms with E-state index >= 15 is 0 Å². The van der Waals surface area contributed by atoms with Gasteiger partial charge in [0.15, 0.2) is 0 Å². The van der Waals surface area contributed by atoms with Gasteiger partial charge in [0, 0.05) is 12.6 Å². The van der Waals surface area contributed by atoms with Crippen molar-refractivity contribution >= 4 is 0 Å². The zero-order valence-corrected chi connectivity index (χ0v) is 9.01. The number of nitrogens with one attached hydrogen (secondary N) is 1. The lowest BCUT2D eigenvalue weighted by atomic mass is 9.94. The van der Waals surface area contributed by atoms with Gasteiger partial charge in [0.1, 0.15) is 0 Å². The Kier molecular flexibility index (Phi) is 5.40. The molecule has 0 aliphatic heterocycles. The van der Waals surface area contributed by atoms with Crippen LogP contribution in [0.5, 0.6) is 0 Å². The van der Waals surface area contributed by atoms with Crippen LogP contribution in [-0.4, -0.2) is 25.8 Å². The van der Waals surface area contributed by atoms with E-state index in [1.165, 1.54) is 38.5 Å². The number of hydrogen-bond acceptors (Lipinski definition) is 2. The molecule has 0 heterocycles. The highest BCUT2D eigenvalue weighted by molar-refractivity contribution is 4.77. The first-order valence-corrected chi connectivity index (χ1v) is 5.67. The summed E-state index contributed by atoms with van der Waals surface area (Å²) in [6.07, 6.45) is 8.45. The highest BCUT2D eigenvalue weighted by Gasteiger charge is 2.20. The molecule has 0 bridgehead atoms. The van der Waals surface area contributed by atoms with Gasteiger partial charge in [0.05, 0.1) is 6.10 Å². The van der Waals surface area contributed by atoms with Crippen molar-refractivity contribution in [2.45, 2.75) is 57.6 Å². The molecule has 0 saturated heterocycles. The van der Waals surface area contributed by atoms with Crippen LogP contribution in [0.4, 0.5) is 0 Å². The topological polar surface area (TPSA) is 21.3 Å². The molecule has 1 fully saturated rings. The summed E-state index contributed by atoms with van der Waals surface area (Å²) in [5.74, 6) is 0. The van der Waals surface area contributed by atoms with Gasteiger partial charge >= 0.3 is 0 Å². The molecule has 0 spiro atoms. The van der Waals surface area contributed by atoms with E-state index in [4.69, 9.17) is 4.74 Å². The summed E-state index contributed by atoms with van der Waals surface area (Å²) in [6, 6.07) is 0.584. The molecule has 78 valence electrons. The van der Waals surface area contributed by atoms with Gasteiger partial charge in [-0.15, -0.1) is 0 Å². The molecule has 2 atom stereocenters. The van der Waals surface area contributed by atoms with E-state index in [9.17, 15) is 0 Å². The summed E-state index contributed by atoms with van der Waals surface area (Å²) in [5.41, 5.74) is 0. The second kappa shape index (κ2) is 6.39. The minimum Gasteiger partial charge on any atom is -0.377 e. The molecule has 0 aromatic carbocycles. The number of rotatable bonds is 3. The first kappa shape index (κ1) is 11.0. The minimum atomic E-state index is 0.454. The van der Waals surface area contributed by atoms with Gasteiger partial charge in [0.2, 0.25) is 0 Å². The molecular weight excluding hydrogens is 162 g/mol. The van der Waals surface area contributed by atoms with E-state index in [2.05, 4.69) is 19.3 Å². The molecule has 1 N–H and O–H groups in total. The van der Waals surface area contributed by atoms with Crippen LogP contribution in [-0.2, 0) is 4.74 Å². The molecule has 1 aliphatic carbocycles. The van der Waals surface area contributed by atoms with Crippen molar-refractivity contribution in [3.05, 3.63) is 0 Å². The molecule has 0 amide bonds. The molecule has 0 unspecified atom stereocenters. The largest absolute Gasteiger partial charge is 0.377 e. The van der Waals surface area contributed by atoms with Crippen LogP contribution in [0.1, 0.15) is 45.4 Å². The van der Waals surface area contributed by atoms with Gasteiger partial charge in [-0.3, -0.25) is 0 Å². The first-order chi connectivity index (χ1) is 6.38. The van der Waals surface area contributed by atoms with Crippen LogP contribution in [0.15, 0.2) is 0 Å². The smallest absolute Gasteiger partial charge is 0.0727 e. The summed E-state index contributed by atoms with van der Waals surface area (Å²) < 4.78 is 5.76. The Morgan fingerprint density at radius 2 is 1.85 bits per heavy atom. The zero-order chi connectivity index (χ0) is 9.52. The third kappa shape index (κ3) is 3.65. The number of ether oxygens (including phenoxy) is 1.